The van der Waals surface area contributed by atoms with Crippen molar-refractivity contribution in [1.82, 2.24) is 20.6 Å². The minimum Gasteiger partial charge on any atom is -0.223 e. The Balaban J connectivity index is 1.59. The van der Waals surface area contributed by atoms with Crippen LogP contribution in [0.1, 0.15) is 5.56 Å². The predicted molar refractivity (Wildman–Crippen MR) is 105 cm³/mol. The third-order valence-corrected chi connectivity index (χ3v) is 7.56. The van der Waals surface area contributed by atoms with Gasteiger partial charge in [0.25, 0.3) is 0 Å². The molecule has 0 saturated heterocycles. The number of hydrogen-bond acceptors (Lipinski definition) is 6. The molecule has 0 atom stereocenters. The highest BCUT2D eigenvalue weighted by Crippen LogP contribution is 2.33. The molecule has 0 radical (unpaired) electrons. The third-order valence-electron chi connectivity index (χ3n) is 3.90. The molecule has 0 amide bonds. The maximum atomic E-state index is 12.8. The highest BCUT2D eigenvalue weighted by molar-refractivity contribution is 7.92. The smallest absolute Gasteiger partial charge is 0.204 e. The Kier molecular flexibility index (Phi) is 4.77. The molecule has 2 heterocycles. The van der Waals surface area contributed by atoms with Crippen molar-refractivity contribution in [3.05, 3.63) is 71.2 Å². The van der Waals surface area contributed by atoms with Crippen molar-refractivity contribution in [2.45, 2.75) is 9.96 Å². The minimum atomic E-state index is -3.47. The van der Waals surface area contributed by atoms with E-state index in [0.29, 0.717) is 26.2 Å². The first-order chi connectivity index (χ1) is 13.0. The molecule has 1 N–H and O–H groups in total. The number of H-pyrrole nitrogens is 1. The molecule has 0 aliphatic heterocycles. The SMILES string of the molecule is O=S(=O)(Cc1cccc(-c2nn[nH]n2)c1)c1ccc(-c2ccc(Cl)cc2)s1. The topological polar surface area (TPSA) is 88.6 Å². The predicted octanol–water partition coefficient (Wildman–Crippen LogP) is 4.22. The maximum Gasteiger partial charge on any atom is 0.204 e. The van der Waals surface area contributed by atoms with Gasteiger partial charge in [0.15, 0.2) is 9.84 Å². The van der Waals surface area contributed by atoms with Gasteiger partial charge in [0.1, 0.15) is 4.21 Å². The van der Waals surface area contributed by atoms with E-state index in [9.17, 15) is 8.42 Å². The molecule has 0 saturated carbocycles. The van der Waals surface area contributed by atoms with Crippen LogP contribution in [0.2, 0.25) is 5.02 Å². The number of hydrogen-bond donors (Lipinski definition) is 1. The van der Waals surface area contributed by atoms with Gasteiger partial charge in [0.05, 0.1) is 5.75 Å². The lowest BCUT2D eigenvalue weighted by Gasteiger charge is -2.04. The Morgan fingerprint density at radius 1 is 1.00 bits per heavy atom. The van der Waals surface area contributed by atoms with Crippen LogP contribution in [0, 0.1) is 0 Å². The Morgan fingerprint density at radius 2 is 1.81 bits per heavy atom. The zero-order valence-corrected chi connectivity index (χ0v) is 16.2. The summed E-state index contributed by atoms with van der Waals surface area (Å²) >= 11 is 7.16. The second-order valence-corrected chi connectivity index (χ2v) is 9.56. The van der Waals surface area contributed by atoms with E-state index in [0.717, 1.165) is 10.4 Å². The molecule has 0 aliphatic rings. The van der Waals surface area contributed by atoms with E-state index >= 15 is 0 Å². The summed E-state index contributed by atoms with van der Waals surface area (Å²) in [5, 5.41) is 14.4. The lowest BCUT2D eigenvalue weighted by atomic mass is 10.1. The number of benzene rings is 2. The molecule has 9 heteroatoms. The van der Waals surface area contributed by atoms with Crippen LogP contribution >= 0.6 is 22.9 Å². The average molecular weight is 417 g/mol. The minimum absolute atomic E-state index is 0.0980. The van der Waals surface area contributed by atoms with Crippen LogP contribution in [0.5, 0.6) is 0 Å². The summed E-state index contributed by atoms with van der Waals surface area (Å²) in [6.45, 7) is 0. The second-order valence-electron chi connectivity index (χ2n) is 5.82. The quantitative estimate of drug-likeness (QED) is 0.526. The standard InChI is InChI=1S/C18H13ClN4O2S2/c19-15-6-4-13(5-7-15)16-8-9-17(26-16)27(24,25)11-12-2-1-3-14(10-12)18-20-22-23-21-18/h1-10H,11H2,(H,20,21,22,23). The number of halogens is 1. The van der Waals surface area contributed by atoms with Gasteiger partial charge in [-0.25, -0.2) is 8.42 Å². The van der Waals surface area contributed by atoms with Gasteiger partial charge in [0, 0.05) is 15.5 Å². The van der Waals surface area contributed by atoms with Crippen molar-refractivity contribution in [2.75, 3.05) is 0 Å². The highest BCUT2D eigenvalue weighted by atomic mass is 35.5. The van der Waals surface area contributed by atoms with Crippen molar-refractivity contribution < 1.29 is 8.42 Å². The molecular formula is C18H13ClN4O2S2. The molecule has 4 rings (SSSR count). The first-order valence-electron chi connectivity index (χ1n) is 7.92. The number of thiophene rings is 1. The largest absolute Gasteiger partial charge is 0.223 e. The van der Waals surface area contributed by atoms with Crippen molar-refractivity contribution in [3.63, 3.8) is 0 Å². The van der Waals surface area contributed by atoms with E-state index in [1.165, 1.54) is 11.3 Å². The number of nitrogens with one attached hydrogen (secondary N) is 1. The average Bonchev–Trinajstić information content (AvgIpc) is 3.35. The second kappa shape index (κ2) is 7.22. The van der Waals surface area contributed by atoms with E-state index in [-0.39, 0.29) is 5.75 Å². The Morgan fingerprint density at radius 3 is 2.56 bits per heavy atom. The van der Waals surface area contributed by atoms with E-state index < -0.39 is 9.84 Å². The molecule has 4 aromatic rings. The summed E-state index contributed by atoms with van der Waals surface area (Å²) in [7, 11) is -3.47. The molecule has 6 nitrogen and oxygen atoms in total. The van der Waals surface area contributed by atoms with Crippen LogP contribution in [0.3, 0.4) is 0 Å². The monoisotopic (exact) mass is 416 g/mol. The molecule has 0 spiro atoms. The van der Waals surface area contributed by atoms with Crippen LogP contribution in [0.4, 0.5) is 0 Å². The first-order valence-corrected chi connectivity index (χ1v) is 10.8. The van der Waals surface area contributed by atoms with Gasteiger partial charge < -0.3 is 0 Å². The van der Waals surface area contributed by atoms with Crippen molar-refractivity contribution in [1.29, 1.82) is 0 Å². The van der Waals surface area contributed by atoms with Gasteiger partial charge in [-0.1, -0.05) is 41.9 Å². The maximum absolute atomic E-state index is 12.8. The molecule has 0 aliphatic carbocycles. The van der Waals surface area contributed by atoms with Gasteiger partial charge in [-0.3, -0.25) is 0 Å². The molecule has 27 heavy (non-hydrogen) atoms. The van der Waals surface area contributed by atoms with E-state index in [1.54, 1.807) is 36.4 Å². The van der Waals surface area contributed by atoms with Crippen molar-refractivity contribution >= 4 is 32.8 Å². The zero-order chi connectivity index (χ0) is 18.9. The van der Waals surface area contributed by atoms with Crippen LogP contribution < -0.4 is 0 Å². The van der Waals surface area contributed by atoms with Gasteiger partial charge >= 0.3 is 0 Å². The molecule has 0 bridgehead atoms. The fraction of sp³-hybridized carbons (Fsp3) is 0.0556. The van der Waals surface area contributed by atoms with Gasteiger partial charge in [-0.15, -0.1) is 21.5 Å². The van der Waals surface area contributed by atoms with E-state index in [2.05, 4.69) is 20.6 Å². The fourth-order valence-electron chi connectivity index (χ4n) is 2.63. The van der Waals surface area contributed by atoms with E-state index in [4.69, 9.17) is 11.6 Å². The molecular weight excluding hydrogens is 404 g/mol. The number of tetrazole rings is 1. The Labute approximate surface area is 164 Å². The van der Waals surface area contributed by atoms with Crippen LogP contribution in [0.25, 0.3) is 21.8 Å². The molecule has 0 unspecified atom stereocenters. The summed E-state index contributed by atoms with van der Waals surface area (Å²) in [6, 6.07) is 17.9. The highest BCUT2D eigenvalue weighted by Gasteiger charge is 2.19. The summed E-state index contributed by atoms with van der Waals surface area (Å²) in [4.78, 5) is 0.880. The fourth-order valence-corrected chi connectivity index (χ4v) is 5.49. The number of sulfone groups is 1. The Hall–Kier alpha value is -2.55. The van der Waals surface area contributed by atoms with Gasteiger partial charge in [-0.2, -0.15) is 5.21 Å². The summed E-state index contributed by atoms with van der Waals surface area (Å²) in [6.07, 6.45) is 0. The van der Waals surface area contributed by atoms with Gasteiger partial charge in [-0.05, 0) is 46.7 Å². The number of aromatic nitrogens is 4. The Bertz CT molecular complexity index is 1170. The van der Waals surface area contributed by atoms with Crippen LogP contribution in [-0.4, -0.2) is 29.0 Å². The van der Waals surface area contributed by atoms with Crippen LogP contribution in [-0.2, 0) is 15.6 Å². The normalized spacial score (nSPS) is 11.6. The van der Waals surface area contributed by atoms with Crippen molar-refractivity contribution in [2.24, 2.45) is 0 Å². The number of aromatic amines is 1. The lowest BCUT2D eigenvalue weighted by Crippen LogP contribution is -2.03. The van der Waals surface area contributed by atoms with Crippen LogP contribution in [0.15, 0.2) is 64.9 Å². The number of nitrogens with zero attached hydrogens (tertiary/aromatic N) is 3. The molecule has 136 valence electrons. The zero-order valence-electron chi connectivity index (χ0n) is 13.8. The summed E-state index contributed by atoms with van der Waals surface area (Å²) in [5.41, 5.74) is 2.31. The molecule has 2 aromatic carbocycles. The van der Waals surface area contributed by atoms with Gasteiger partial charge in [0.2, 0.25) is 5.82 Å². The van der Waals surface area contributed by atoms with E-state index in [1.807, 2.05) is 24.3 Å². The summed E-state index contributed by atoms with van der Waals surface area (Å²) in [5.74, 6) is 0.328. The molecule has 2 aromatic heterocycles. The molecule has 0 fully saturated rings. The number of rotatable bonds is 5. The summed E-state index contributed by atoms with van der Waals surface area (Å²) < 4.78 is 26.0. The first kappa shape index (κ1) is 17.8. The van der Waals surface area contributed by atoms with Crippen molar-refractivity contribution in [3.8, 4) is 21.8 Å². The lowest BCUT2D eigenvalue weighted by molar-refractivity contribution is 0.597. The third kappa shape index (κ3) is 3.92.